The van der Waals surface area contributed by atoms with Gasteiger partial charge < -0.3 is 5.11 Å². The molecule has 0 heterocycles. The normalized spacial score (nSPS) is 12.4. The zero-order chi connectivity index (χ0) is 11.4. The first kappa shape index (κ1) is 11.2. The zero-order valence-corrected chi connectivity index (χ0v) is 9.95. The summed E-state index contributed by atoms with van der Waals surface area (Å²) in [5.41, 5.74) is 1.86. The van der Waals surface area contributed by atoms with Crippen LogP contribution >= 0.6 is 11.8 Å². The Kier molecular flexibility index (Phi) is 3.65. The van der Waals surface area contributed by atoms with Crippen molar-refractivity contribution >= 4 is 11.8 Å². The van der Waals surface area contributed by atoms with Gasteiger partial charge in [0.15, 0.2) is 0 Å². The van der Waals surface area contributed by atoms with Crippen LogP contribution in [0.2, 0.25) is 0 Å². The minimum atomic E-state index is -0.530. The summed E-state index contributed by atoms with van der Waals surface area (Å²) in [6.07, 6.45) is 1.51. The molecule has 0 aliphatic rings. The molecule has 2 rings (SSSR count). The molecule has 0 aliphatic carbocycles. The molecule has 0 aromatic heterocycles. The molecule has 2 heteroatoms. The fourth-order valence-corrected chi connectivity index (χ4v) is 2.02. The predicted octanol–water partition coefficient (Wildman–Crippen LogP) is 3.49. The average molecular weight is 230 g/mol. The van der Waals surface area contributed by atoms with Gasteiger partial charge in [0.05, 0.1) is 0 Å². The maximum absolute atomic E-state index is 10.1. The topological polar surface area (TPSA) is 20.2 Å². The number of hydrogen-bond donors (Lipinski definition) is 1. The van der Waals surface area contributed by atoms with Crippen molar-refractivity contribution in [2.75, 3.05) is 6.26 Å². The second kappa shape index (κ2) is 5.19. The second-order valence-corrected chi connectivity index (χ2v) is 4.47. The summed E-state index contributed by atoms with van der Waals surface area (Å²) in [5, 5.41) is 10.1. The Labute approximate surface area is 100 Å². The van der Waals surface area contributed by atoms with Gasteiger partial charge in [-0.25, -0.2) is 0 Å². The average Bonchev–Trinajstić information content (AvgIpc) is 2.39. The van der Waals surface area contributed by atoms with Crippen LogP contribution in [0.25, 0.3) is 0 Å². The molecule has 0 radical (unpaired) electrons. The van der Waals surface area contributed by atoms with Crippen LogP contribution in [-0.4, -0.2) is 11.4 Å². The predicted molar refractivity (Wildman–Crippen MR) is 68.7 cm³/mol. The van der Waals surface area contributed by atoms with Gasteiger partial charge in [0.1, 0.15) is 6.10 Å². The van der Waals surface area contributed by atoms with E-state index in [-0.39, 0.29) is 0 Å². The van der Waals surface area contributed by atoms with Crippen LogP contribution in [0.15, 0.2) is 59.5 Å². The van der Waals surface area contributed by atoms with E-state index in [2.05, 4.69) is 0 Å². The van der Waals surface area contributed by atoms with Crippen LogP contribution in [-0.2, 0) is 0 Å². The Morgan fingerprint density at radius 3 is 2.00 bits per heavy atom. The molecule has 0 spiro atoms. The third-order valence-electron chi connectivity index (χ3n) is 2.55. The highest BCUT2D eigenvalue weighted by Gasteiger charge is 2.08. The lowest BCUT2D eigenvalue weighted by Gasteiger charge is -2.11. The Morgan fingerprint density at radius 1 is 0.875 bits per heavy atom. The summed E-state index contributed by atoms with van der Waals surface area (Å²) in [6.45, 7) is 0. The first-order valence-corrected chi connectivity index (χ1v) is 6.40. The minimum absolute atomic E-state index is 0.530. The van der Waals surface area contributed by atoms with E-state index in [4.69, 9.17) is 0 Å². The van der Waals surface area contributed by atoms with Gasteiger partial charge in [0.25, 0.3) is 0 Å². The Bertz CT molecular complexity index is 436. The van der Waals surface area contributed by atoms with Crippen molar-refractivity contribution in [2.45, 2.75) is 11.0 Å². The van der Waals surface area contributed by atoms with Crippen LogP contribution in [0, 0.1) is 0 Å². The third-order valence-corrected chi connectivity index (χ3v) is 3.29. The molecule has 2 aromatic rings. The molecular weight excluding hydrogens is 216 g/mol. The maximum atomic E-state index is 10.1. The Balaban J connectivity index is 2.24. The maximum Gasteiger partial charge on any atom is 0.104 e. The number of rotatable bonds is 3. The Hall–Kier alpha value is -1.25. The molecule has 0 bridgehead atoms. The van der Waals surface area contributed by atoms with Crippen LogP contribution in [0.4, 0.5) is 0 Å². The molecule has 16 heavy (non-hydrogen) atoms. The fraction of sp³-hybridized carbons (Fsp3) is 0.143. The summed E-state index contributed by atoms with van der Waals surface area (Å²) in [7, 11) is 0. The zero-order valence-electron chi connectivity index (χ0n) is 9.13. The van der Waals surface area contributed by atoms with Gasteiger partial charge in [-0.1, -0.05) is 42.5 Å². The van der Waals surface area contributed by atoms with E-state index >= 15 is 0 Å². The largest absolute Gasteiger partial charge is 0.384 e. The lowest BCUT2D eigenvalue weighted by atomic mass is 10.0. The molecule has 2 aromatic carbocycles. The fourth-order valence-electron chi connectivity index (χ4n) is 1.61. The van der Waals surface area contributed by atoms with E-state index in [1.165, 1.54) is 4.90 Å². The van der Waals surface area contributed by atoms with Gasteiger partial charge in [0.2, 0.25) is 0 Å². The third kappa shape index (κ3) is 2.46. The van der Waals surface area contributed by atoms with Gasteiger partial charge in [-0.05, 0) is 29.5 Å². The van der Waals surface area contributed by atoms with Crippen molar-refractivity contribution in [1.29, 1.82) is 0 Å². The monoisotopic (exact) mass is 230 g/mol. The summed E-state index contributed by atoms with van der Waals surface area (Å²) < 4.78 is 0. The number of benzene rings is 2. The first-order valence-electron chi connectivity index (χ1n) is 5.18. The van der Waals surface area contributed by atoms with Crippen LogP contribution < -0.4 is 0 Å². The molecule has 0 amide bonds. The van der Waals surface area contributed by atoms with Gasteiger partial charge in [-0.3, -0.25) is 0 Å². The highest BCUT2D eigenvalue weighted by Crippen LogP contribution is 2.23. The van der Waals surface area contributed by atoms with E-state index in [1.807, 2.05) is 60.9 Å². The molecule has 0 fully saturated rings. The smallest absolute Gasteiger partial charge is 0.104 e. The van der Waals surface area contributed by atoms with E-state index in [0.29, 0.717) is 0 Å². The van der Waals surface area contributed by atoms with E-state index in [0.717, 1.165) is 11.1 Å². The molecule has 1 atom stereocenters. The summed E-state index contributed by atoms with van der Waals surface area (Å²) in [4.78, 5) is 1.21. The minimum Gasteiger partial charge on any atom is -0.384 e. The lowest BCUT2D eigenvalue weighted by molar-refractivity contribution is 0.220. The van der Waals surface area contributed by atoms with Crippen molar-refractivity contribution in [2.24, 2.45) is 0 Å². The summed E-state index contributed by atoms with van der Waals surface area (Å²) in [6, 6.07) is 17.7. The van der Waals surface area contributed by atoms with Crippen molar-refractivity contribution in [1.82, 2.24) is 0 Å². The molecule has 82 valence electrons. The van der Waals surface area contributed by atoms with Crippen molar-refractivity contribution in [3.8, 4) is 0 Å². The van der Waals surface area contributed by atoms with Crippen molar-refractivity contribution in [3.05, 3.63) is 65.7 Å². The molecule has 0 saturated carbocycles. The van der Waals surface area contributed by atoms with E-state index in [1.54, 1.807) is 11.8 Å². The Morgan fingerprint density at radius 2 is 1.44 bits per heavy atom. The van der Waals surface area contributed by atoms with E-state index in [9.17, 15) is 5.11 Å². The number of aliphatic hydroxyl groups excluding tert-OH is 1. The molecule has 0 unspecified atom stereocenters. The van der Waals surface area contributed by atoms with Crippen LogP contribution in [0.3, 0.4) is 0 Å². The van der Waals surface area contributed by atoms with Crippen LogP contribution in [0.5, 0.6) is 0 Å². The van der Waals surface area contributed by atoms with Gasteiger partial charge in [-0.2, -0.15) is 0 Å². The molecule has 1 nitrogen and oxygen atoms in total. The molecule has 0 aliphatic heterocycles. The lowest BCUT2D eigenvalue weighted by Crippen LogP contribution is -1.98. The van der Waals surface area contributed by atoms with Crippen molar-refractivity contribution < 1.29 is 5.11 Å². The second-order valence-electron chi connectivity index (χ2n) is 3.59. The van der Waals surface area contributed by atoms with Gasteiger partial charge in [-0.15, -0.1) is 11.8 Å². The highest BCUT2D eigenvalue weighted by molar-refractivity contribution is 7.98. The summed E-state index contributed by atoms with van der Waals surface area (Å²) >= 11 is 1.70. The standard InChI is InChI=1S/C14H14OS/c1-16-13-9-7-12(8-10-13)14(15)11-5-3-2-4-6-11/h2-10,14-15H,1H3/t14-/m0/s1. The summed E-state index contributed by atoms with van der Waals surface area (Å²) in [5.74, 6) is 0. The van der Waals surface area contributed by atoms with Gasteiger partial charge in [0, 0.05) is 4.90 Å². The van der Waals surface area contributed by atoms with Crippen LogP contribution in [0.1, 0.15) is 17.2 Å². The molecular formula is C14H14OS. The molecule has 0 saturated heterocycles. The number of aliphatic hydroxyl groups is 1. The number of thioether (sulfide) groups is 1. The number of hydrogen-bond acceptors (Lipinski definition) is 2. The van der Waals surface area contributed by atoms with Gasteiger partial charge >= 0.3 is 0 Å². The van der Waals surface area contributed by atoms with Crippen molar-refractivity contribution in [3.63, 3.8) is 0 Å². The quantitative estimate of drug-likeness (QED) is 0.814. The SMILES string of the molecule is CSc1ccc([C@@H](O)c2ccccc2)cc1. The molecule has 1 N–H and O–H groups in total. The van der Waals surface area contributed by atoms with E-state index < -0.39 is 6.10 Å². The highest BCUT2D eigenvalue weighted by atomic mass is 32.2. The first-order chi connectivity index (χ1) is 7.81.